The van der Waals surface area contributed by atoms with Gasteiger partial charge in [0.1, 0.15) is 11.5 Å². The molecule has 0 bridgehead atoms. The van der Waals surface area contributed by atoms with E-state index in [1.54, 1.807) is 12.1 Å². The highest BCUT2D eigenvalue weighted by Gasteiger charge is 2.28. The summed E-state index contributed by atoms with van der Waals surface area (Å²) in [6.45, 7) is 3.77. The number of likely N-dealkylation sites (tertiary alicyclic amines) is 1. The number of hydrogen-bond donors (Lipinski definition) is 3. The Morgan fingerprint density at radius 1 is 1.35 bits per heavy atom. The predicted molar refractivity (Wildman–Crippen MR) is 67.0 cm³/mol. The van der Waals surface area contributed by atoms with Crippen LogP contribution < -0.4 is 5.73 Å². The van der Waals surface area contributed by atoms with Crippen LogP contribution in [0.4, 0.5) is 0 Å². The lowest BCUT2D eigenvalue weighted by molar-refractivity contribution is 0.196. The van der Waals surface area contributed by atoms with Gasteiger partial charge in [0.25, 0.3) is 0 Å². The number of nitrogens with two attached hydrogens (primary N) is 1. The normalized spacial score (nSPS) is 22.8. The molecule has 2 atom stereocenters. The van der Waals surface area contributed by atoms with E-state index in [0.29, 0.717) is 12.6 Å². The molecule has 4 N–H and O–H groups in total. The van der Waals surface area contributed by atoms with Gasteiger partial charge >= 0.3 is 0 Å². The van der Waals surface area contributed by atoms with Crippen LogP contribution in [0, 0.1) is 0 Å². The third-order valence-corrected chi connectivity index (χ3v) is 3.60. The summed E-state index contributed by atoms with van der Waals surface area (Å²) in [5, 5.41) is 19.0. The van der Waals surface area contributed by atoms with E-state index in [1.165, 1.54) is 6.07 Å². The van der Waals surface area contributed by atoms with Crippen LogP contribution in [-0.4, -0.2) is 34.2 Å². The molecule has 17 heavy (non-hydrogen) atoms. The fourth-order valence-electron chi connectivity index (χ4n) is 2.67. The van der Waals surface area contributed by atoms with E-state index in [9.17, 15) is 10.2 Å². The summed E-state index contributed by atoms with van der Waals surface area (Å²) in [7, 11) is 0. The summed E-state index contributed by atoms with van der Waals surface area (Å²) in [5.41, 5.74) is 6.69. The van der Waals surface area contributed by atoms with Gasteiger partial charge in [0.2, 0.25) is 0 Å². The van der Waals surface area contributed by atoms with Crippen LogP contribution in [-0.2, 0) is 0 Å². The second kappa shape index (κ2) is 4.94. The lowest BCUT2D eigenvalue weighted by Gasteiger charge is -2.30. The average Bonchev–Trinajstić information content (AvgIpc) is 2.74. The summed E-state index contributed by atoms with van der Waals surface area (Å²) in [6, 6.07) is 5.34. The first kappa shape index (κ1) is 12.2. The Bertz CT molecular complexity index is 375. The zero-order valence-corrected chi connectivity index (χ0v) is 10.1. The summed E-state index contributed by atoms with van der Waals surface area (Å²) >= 11 is 0. The van der Waals surface area contributed by atoms with Gasteiger partial charge in [0.15, 0.2) is 0 Å². The van der Waals surface area contributed by atoms with Crippen LogP contribution >= 0.6 is 0 Å². The van der Waals surface area contributed by atoms with Crippen molar-refractivity contribution in [2.75, 3.05) is 13.1 Å². The van der Waals surface area contributed by atoms with Gasteiger partial charge in [-0.05, 0) is 44.0 Å². The van der Waals surface area contributed by atoms with Gasteiger partial charge < -0.3 is 15.9 Å². The molecule has 1 fully saturated rings. The molecule has 1 aromatic rings. The third-order valence-electron chi connectivity index (χ3n) is 3.60. The fraction of sp³-hybridized carbons (Fsp3) is 0.538. The zero-order valence-electron chi connectivity index (χ0n) is 10.1. The van der Waals surface area contributed by atoms with Crippen LogP contribution in [0.2, 0.25) is 0 Å². The van der Waals surface area contributed by atoms with Crippen molar-refractivity contribution in [1.29, 1.82) is 0 Å². The number of nitrogens with zero attached hydrogens (tertiary/aromatic N) is 1. The molecule has 1 aromatic carbocycles. The molecule has 0 spiro atoms. The maximum absolute atomic E-state index is 9.51. The van der Waals surface area contributed by atoms with Crippen LogP contribution in [0.3, 0.4) is 0 Å². The Kier molecular flexibility index (Phi) is 3.54. The van der Waals surface area contributed by atoms with Crippen molar-refractivity contribution in [3.8, 4) is 11.5 Å². The summed E-state index contributed by atoms with van der Waals surface area (Å²) in [5.74, 6) is 0.214. The Labute approximate surface area is 102 Å². The van der Waals surface area contributed by atoms with Crippen molar-refractivity contribution in [3.05, 3.63) is 23.8 Å². The molecule has 0 saturated carbocycles. The number of phenolic OH excluding ortho intramolecular Hbond substituents is 2. The van der Waals surface area contributed by atoms with E-state index in [2.05, 4.69) is 11.8 Å². The summed E-state index contributed by atoms with van der Waals surface area (Å²) < 4.78 is 0. The zero-order chi connectivity index (χ0) is 12.4. The van der Waals surface area contributed by atoms with E-state index in [-0.39, 0.29) is 17.5 Å². The first-order valence-electron chi connectivity index (χ1n) is 6.10. The molecule has 1 aliphatic rings. The van der Waals surface area contributed by atoms with Crippen molar-refractivity contribution in [3.63, 3.8) is 0 Å². The number of phenols is 2. The standard InChI is InChI=1S/C13H20N2O2/c1-9(15-4-2-3-11(15)8-14)10-5-12(16)7-13(17)6-10/h5-7,9,11,16-17H,2-4,8,14H2,1H3. The van der Waals surface area contributed by atoms with E-state index in [0.717, 1.165) is 24.9 Å². The molecule has 0 amide bonds. The van der Waals surface area contributed by atoms with Crippen molar-refractivity contribution in [2.45, 2.75) is 31.8 Å². The molecule has 94 valence electrons. The lowest BCUT2D eigenvalue weighted by Crippen LogP contribution is -2.37. The number of benzene rings is 1. The minimum Gasteiger partial charge on any atom is -0.508 e. The first-order chi connectivity index (χ1) is 8.11. The number of rotatable bonds is 3. The number of aromatic hydroxyl groups is 2. The summed E-state index contributed by atoms with van der Waals surface area (Å²) in [6.07, 6.45) is 2.29. The largest absolute Gasteiger partial charge is 0.508 e. The molecular formula is C13H20N2O2. The second-order valence-corrected chi connectivity index (χ2v) is 4.73. The predicted octanol–water partition coefficient (Wildman–Crippen LogP) is 1.58. The van der Waals surface area contributed by atoms with E-state index in [1.807, 2.05) is 0 Å². The van der Waals surface area contributed by atoms with E-state index >= 15 is 0 Å². The van der Waals surface area contributed by atoms with Crippen LogP contribution in [0.25, 0.3) is 0 Å². The molecule has 0 aliphatic carbocycles. The highest BCUT2D eigenvalue weighted by molar-refractivity contribution is 5.38. The van der Waals surface area contributed by atoms with Crippen molar-refractivity contribution < 1.29 is 10.2 Å². The molecule has 1 heterocycles. The van der Waals surface area contributed by atoms with Gasteiger partial charge in [-0.3, -0.25) is 4.90 Å². The fourth-order valence-corrected chi connectivity index (χ4v) is 2.67. The third kappa shape index (κ3) is 2.53. The summed E-state index contributed by atoms with van der Waals surface area (Å²) in [4.78, 5) is 2.34. The minimum atomic E-state index is 0.107. The molecular weight excluding hydrogens is 216 g/mol. The molecule has 2 rings (SSSR count). The molecule has 1 saturated heterocycles. The molecule has 0 aromatic heterocycles. The maximum Gasteiger partial charge on any atom is 0.119 e. The Morgan fingerprint density at radius 2 is 2.00 bits per heavy atom. The Balaban J connectivity index is 2.21. The van der Waals surface area contributed by atoms with Crippen LogP contribution in [0.5, 0.6) is 11.5 Å². The average molecular weight is 236 g/mol. The van der Waals surface area contributed by atoms with Gasteiger partial charge in [-0.25, -0.2) is 0 Å². The second-order valence-electron chi connectivity index (χ2n) is 4.73. The maximum atomic E-state index is 9.51. The van der Waals surface area contributed by atoms with E-state index < -0.39 is 0 Å². The van der Waals surface area contributed by atoms with Gasteiger partial charge in [0.05, 0.1) is 0 Å². The molecule has 4 heteroatoms. The lowest BCUT2D eigenvalue weighted by atomic mass is 10.0. The van der Waals surface area contributed by atoms with Gasteiger partial charge in [0, 0.05) is 24.7 Å². The SMILES string of the molecule is CC(c1cc(O)cc(O)c1)N1CCCC1CN. The first-order valence-corrected chi connectivity index (χ1v) is 6.10. The highest BCUT2D eigenvalue weighted by Crippen LogP contribution is 2.32. The van der Waals surface area contributed by atoms with Gasteiger partial charge in [-0.1, -0.05) is 0 Å². The Morgan fingerprint density at radius 3 is 2.59 bits per heavy atom. The monoisotopic (exact) mass is 236 g/mol. The molecule has 1 aliphatic heterocycles. The minimum absolute atomic E-state index is 0.107. The molecule has 2 unspecified atom stereocenters. The van der Waals surface area contributed by atoms with Crippen LogP contribution in [0.15, 0.2) is 18.2 Å². The van der Waals surface area contributed by atoms with Crippen molar-refractivity contribution in [1.82, 2.24) is 4.90 Å². The highest BCUT2D eigenvalue weighted by atomic mass is 16.3. The molecule has 4 nitrogen and oxygen atoms in total. The van der Waals surface area contributed by atoms with Gasteiger partial charge in [-0.2, -0.15) is 0 Å². The van der Waals surface area contributed by atoms with Crippen molar-refractivity contribution >= 4 is 0 Å². The topological polar surface area (TPSA) is 69.7 Å². The van der Waals surface area contributed by atoms with E-state index in [4.69, 9.17) is 5.73 Å². The van der Waals surface area contributed by atoms with Crippen LogP contribution in [0.1, 0.15) is 31.4 Å². The van der Waals surface area contributed by atoms with Gasteiger partial charge in [-0.15, -0.1) is 0 Å². The Hall–Kier alpha value is -1.26. The smallest absolute Gasteiger partial charge is 0.119 e. The number of hydrogen-bond acceptors (Lipinski definition) is 4. The molecule has 0 radical (unpaired) electrons. The quantitative estimate of drug-likeness (QED) is 0.745. The van der Waals surface area contributed by atoms with Crippen molar-refractivity contribution in [2.24, 2.45) is 5.73 Å².